The molecule has 3 heterocycles. The van der Waals surface area contributed by atoms with E-state index in [9.17, 15) is 0 Å². The Morgan fingerprint density at radius 2 is 2.07 bits per heavy atom. The number of pyridine rings is 1. The van der Waals surface area contributed by atoms with Crippen molar-refractivity contribution >= 4 is 40.0 Å². The van der Waals surface area contributed by atoms with Crippen molar-refractivity contribution in [3.05, 3.63) is 47.2 Å². The molecule has 0 amide bonds. The average molecular weight is 385 g/mol. The zero-order valence-corrected chi connectivity index (χ0v) is 16.1. The number of hydrogen-bond acceptors (Lipinski definition) is 6. The van der Waals surface area contributed by atoms with Crippen molar-refractivity contribution in [1.82, 2.24) is 14.5 Å². The number of nitrogens with one attached hydrogen (secondary N) is 1. The van der Waals surface area contributed by atoms with Crippen molar-refractivity contribution in [1.29, 1.82) is 0 Å². The SMILES string of the molecule is C/C(=N\Nc1cc(N2CCOCC2)c2ncn(C)c2n1)c1cccc(Cl)c1. The number of aromatic nitrogens is 3. The molecule has 140 valence electrons. The average Bonchev–Trinajstić information content (AvgIpc) is 3.07. The summed E-state index contributed by atoms with van der Waals surface area (Å²) in [6.07, 6.45) is 1.78. The van der Waals surface area contributed by atoms with E-state index in [4.69, 9.17) is 16.3 Å². The van der Waals surface area contributed by atoms with Crippen LogP contribution in [0.5, 0.6) is 0 Å². The Morgan fingerprint density at radius 3 is 2.85 bits per heavy atom. The number of anilines is 2. The molecular weight excluding hydrogens is 364 g/mol. The molecule has 2 aromatic heterocycles. The third kappa shape index (κ3) is 3.74. The Labute approximate surface area is 162 Å². The topological polar surface area (TPSA) is 67.6 Å². The molecule has 0 bridgehead atoms. The van der Waals surface area contributed by atoms with Gasteiger partial charge in [-0.15, -0.1) is 0 Å². The minimum atomic E-state index is 0.675. The lowest BCUT2D eigenvalue weighted by atomic mass is 10.1. The molecule has 0 atom stereocenters. The molecule has 1 saturated heterocycles. The van der Waals surface area contributed by atoms with Gasteiger partial charge in [0.25, 0.3) is 0 Å². The van der Waals surface area contributed by atoms with E-state index in [1.54, 1.807) is 6.33 Å². The molecule has 1 N–H and O–H groups in total. The van der Waals surface area contributed by atoms with Gasteiger partial charge < -0.3 is 14.2 Å². The lowest BCUT2D eigenvalue weighted by Crippen LogP contribution is -2.36. The van der Waals surface area contributed by atoms with Gasteiger partial charge in [0.15, 0.2) is 11.5 Å². The lowest BCUT2D eigenvalue weighted by molar-refractivity contribution is 0.123. The van der Waals surface area contributed by atoms with Crippen molar-refractivity contribution in [2.24, 2.45) is 12.1 Å². The number of rotatable bonds is 4. The van der Waals surface area contributed by atoms with Crippen LogP contribution in [0.4, 0.5) is 11.5 Å². The fourth-order valence-electron chi connectivity index (χ4n) is 3.10. The zero-order valence-electron chi connectivity index (χ0n) is 15.3. The van der Waals surface area contributed by atoms with E-state index in [-0.39, 0.29) is 0 Å². The molecule has 0 radical (unpaired) electrons. The van der Waals surface area contributed by atoms with E-state index in [0.29, 0.717) is 24.1 Å². The molecule has 1 aliphatic rings. The van der Waals surface area contributed by atoms with Gasteiger partial charge in [0.1, 0.15) is 5.52 Å². The molecular formula is C19H21ClN6O. The summed E-state index contributed by atoms with van der Waals surface area (Å²) in [4.78, 5) is 11.5. The van der Waals surface area contributed by atoms with Crippen LogP contribution in [0.2, 0.25) is 5.02 Å². The Morgan fingerprint density at radius 1 is 1.26 bits per heavy atom. The van der Waals surface area contributed by atoms with Gasteiger partial charge in [-0.2, -0.15) is 5.10 Å². The normalized spacial score (nSPS) is 15.4. The van der Waals surface area contributed by atoms with E-state index in [1.165, 1.54) is 0 Å². The van der Waals surface area contributed by atoms with Gasteiger partial charge in [0.05, 0.1) is 30.9 Å². The third-order valence-electron chi connectivity index (χ3n) is 4.58. The molecule has 1 aliphatic heterocycles. The number of halogens is 1. The van der Waals surface area contributed by atoms with Crippen molar-refractivity contribution in [3.63, 3.8) is 0 Å². The molecule has 0 spiro atoms. The second-order valence-electron chi connectivity index (χ2n) is 6.47. The van der Waals surface area contributed by atoms with Gasteiger partial charge in [0, 0.05) is 31.2 Å². The van der Waals surface area contributed by atoms with E-state index in [0.717, 1.165) is 41.2 Å². The number of hydrogen-bond donors (Lipinski definition) is 1. The third-order valence-corrected chi connectivity index (χ3v) is 4.82. The van der Waals surface area contributed by atoms with Crippen LogP contribution in [0.15, 0.2) is 41.8 Å². The Bertz CT molecular complexity index is 993. The van der Waals surface area contributed by atoms with Crippen molar-refractivity contribution in [3.8, 4) is 0 Å². The standard InChI is InChI=1S/C19H21ClN6O/c1-13(14-4-3-5-15(20)10-14)23-24-17-11-16(26-6-8-27-9-7-26)18-19(22-17)25(2)12-21-18/h3-5,10-12H,6-9H2,1-2H3,(H,22,24)/b23-13+. The molecule has 0 aliphatic carbocycles. The van der Waals surface area contributed by atoms with Crippen LogP contribution in [-0.4, -0.2) is 46.6 Å². The van der Waals surface area contributed by atoms with Gasteiger partial charge in [-0.3, -0.25) is 5.43 Å². The molecule has 4 rings (SSSR count). The summed E-state index contributed by atoms with van der Waals surface area (Å²) in [5.74, 6) is 0.675. The van der Waals surface area contributed by atoms with Crippen molar-refractivity contribution < 1.29 is 4.74 Å². The number of ether oxygens (including phenoxy) is 1. The van der Waals surface area contributed by atoms with Crippen molar-refractivity contribution in [2.75, 3.05) is 36.6 Å². The number of nitrogens with zero attached hydrogens (tertiary/aromatic N) is 5. The lowest BCUT2D eigenvalue weighted by Gasteiger charge is -2.29. The summed E-state index contributed by atoms with van der Waals surface area (Å²) in [6.45, 7) is 5.03. The number of hydrazone groups is 1. The molecule has 1 aromatic carbocycles. The number of aryl methyl sites for hydroxylation is 1. The predicted molar refractivity (Wildman–Crippen MR) is 109 cm³/mol. The number of fused-ring (bicyclic) bond motifs is 1. The van der Waals surface area contributed by atoms with E-state index < -0.39 is 0 Å². The van der Waals surface area contributed by atoms with Gasteiger partial charge in [-0.25, -0.2) is 9.97 Å². The Kier molecular flexibility index (Phi) is 4.96. The summed E-state index contributed by atoms with van der Waals surface area (Å²) in [6, 6.07) is 9.61. The minimum Gasteiger partial charge on any atom is -0.378 e. The summed E-state index contributed by atoms with van der Waals surface area (Å²) in [7, 11) is 1.94. The quantitative estimate of drug-likeness (QED) is 0.552. The zero-order chi connectivity index (χ0) is 18.8. The van der Waals surface area contributed by atoms with Gasteiger partial charge in [-0.05, 0) is 24.6 Å². The largest absolute Gasteiger partial charge is 0.378 e. The summed E-state index contributed by atoms with van der Waals surface area (Å²) in [5.41, 5.74) is 7.63. The van der Waals surface area contributed by atoms with Crippen LogP contribution in [0.25, 0.3) is 11.2 Å². The highest BCUT2D eigenvalue weighted by Crippen LogP contribution is 2.28. The molecule has 0 saturated carbocycles. The molecule has 27 heavy (non-hydrogen) atoms. The minimum absolute atomic E-state index is 0.675. The first kappa shape index (κ1) is 17.8. The van der Waals surface area contributed by atoms with Gasteiger partial charge in [-0.1, -0.05) is 23.7 Å². The highest BCUT2D eigenvalue weighted by molar-refractivity contribution is 6.31. The second kappa shape index (κ2) is 7.54. The molecule has 0 unspecified atom stereocenters. The maximum Gasteiger partial charge on any atom is 0.164 e. The van der Waals surface area contributed by atoms with E-state index in [2.05, 4.69) is 25.4 Å². The van der Waals surface area contributed by atoms with Crippen LogP contribution in [0.3, 0.4) is 0 Å². The van der Waals surface area contributed by atoms with Crippen LogP contribution in [0.1, 0.15) is 12.5 Å². The highest BCUT2D eigenvalue weighted by atomic mass is 35.5. The second-order valence-corrected chi connectivity index (χ2v) is 6.91. The maximum atomic E-state index is 6.07. The first-order valence-corrected chi connectivity index (χ1v) is 9.20. The van der Waals surface area contributed by atoms with Gasteiger partial charge >= 0.3 is 0 Å². The molecule has 3 aromatic rings. The number of morpholine rings is 1. The molecule has 1 fully saturated rings. The van der Waals surface area contributed by atoms with Crippen LogP contribution < -0.4 is 10.3 Å². The summed E-state index contributed by atoms with van der Waals surface area (Å²) >= 11 is 6.07. The monoisotopic (exact) mass is 384 g/mol. The van der Waals surface area contributed by atoms with Crippen LogP contribution in [-0.2, 0) is 11.8 Å². The maximum absolute atomic E-state index is 6.07. The van der Waals surface area contributed by atoms with E-state index in [1.807, 2.05) is 48.9 Å². The fourth-order valence-corrected chi connectivity index (χ4v) is 3.29. The summed E-state index contributed by atoms with van der Waals surface area (Å²) < 4.78 is 7.39. The predicted octanol–water partition coefficient (Wildman–Crippen LogP) is 3.29. The first-order valence-electron chi connectivity index (χ1n) is 8.83. The molecule has 7 nitrogen and oxygen atoms in total. The fraction of sp³-hybridized carbons (Fsp3) is 0.316. The number of imidazole rings is 1. The van der Waals surface area contributed by atoms with Crippen molar-refractivity contribution in [2.45, 2.75) is 6.92 Å². The van der Waals surface area contributed by atoms with Crippen LogP contribution >= 0.6 is 11.6 Å². The van der Waals surface area contributed by atoms with Crippen LogP contribution in [0, 0.1) is 0 Å². The first-order chi connectivity index (χ1) is 13.1. The van der Waals surface area contributed by atoms with Gasteiger partial charge in [0.2, 0.25) is 0 Å². The molecule has 8 heteroatoms. The smallest absolute Gasteiger partial charge is 0.164 e. The highest BCUT2D eigenvalue weighted by Gasteiger charge is 2.18. The van der Waals surface area contributed by atoms with E-state index >= 15 is 0 Å². The summed E-state index contributed by atoms with van der Waals surface area (Å²) in [5, 5.41) is 5.17. The number of benzene rings is 1. The Hall–Kier alpha value is -2.64. The Balaban J connectivity index is 1.67.